The van der Waals surface area contributed by atoms with E-state index in [2.05, 4.69) is 6.92 Å². The maximum Gasteiger partial charge on any atom is 0.329 e. The maximum absolute atomic E-state index is 10.5. The number of carboxylic acid groups (broad SMARTS) is 1. The highest BCUT2D eigenvalue weighted by molar-refractivity contribution is 5.68. The molecule has 1 saturated heterocycles. The van der Waals surface area contributed by atoms with E-state index in [1.807, 2.05) is 13.8 Å². The fourth-order valence-corrected chi connectivity index (χ4v) is 2.52. The predicted octanol–water partition coefficient (Wildman–Crippen LogP) is 1.02. The minimum absolute atomic E-state index is 0.0220. The third kappa shape index (κ3) is 2.21. The molecular formula is C11H18O5. The van der Waals surface area contributed by atoms with Crippen LogP contribution in [0.1, 0.15) is 27.2 Å². The first-order valence-electron chi connectivity index (χ1n) is 5.58. The smallest absolute Gasteiger partial charge is 0.329 e. The van der Waals surface area contributed by atoms with Gasteiger partial charge >= 0.3 is 5.97 Å². The molecule has 4 atom stereocenters. The molecule has 0 unspecified atom stereocenters. The molecular weight excluding hydrogens is 212 g/mol. The molecule has 5 nitrogen and oxygen atoms in total. The molecule has 1 N–H and O–H groups in total. The van der Waals surface area contributed by atoms with Crippen LogP contribution in [-0.4, -0.2) is 41.8 Å². The van der Waals surface area contributed by atoms with Crippen molar-refractivity contribution in [3.63, 3.8) is 0 Å². The van der Waals surface area contributed by atoms with Crippen LogP contribution in [0.25, 0.3) is 0 Å². The van der Waals surface area contributed by atoms with Gasteiger partial charge in [-0.25, -0.2) is 4.79 Å². The summed E-state index contributed by atoms with van der Waals surface area (Å²) in [6.45, 7) is 5.54. The van der Waals surface area contributed by atoms with Crippen molar-refractivity contribution in [3.8, 4) is 0 Å². The molecule has 0 radical (unpaired) electrons. The molecule has 1 heterocycles. The van der Waals surface area contributed by atoms with Gasteiger partial charge in [0.1, 0.15) is 12.7 Å². The molecule has 0 aromatic heterocycles. The summed E-state index contributed by atoms with van der Waals surface area (Å²) in [5, 5.41) is 8.59. The van der Waals surface area contributed by atoms with Gasteiger partial charge in [0.05, 0.1) is 12.2 Å². The van der Waals surface area contributed by atoms with Gasteiger partial charge in [0, 0.05) is 0 Å². The van der Waals surface area contributed by atoms with E-state index in [-0.39, 0.29) is 24.9 Å². The number of ether oxygens (including phenoxy) is 3. The number of aliphatic carboxylic acids is 1. The van der Waals surface area contributed by atoms with Gasteiger partial charge in [-0.3, -0.25) is 0 Å². The van der Waals surface area contributed by atoms with Crippen LogP contribution in [0.5, 0.6) is 0 Å². The Balaban J connectivity index is 1.99. The lowest BCUT2D eigenvalue weighted by Gasteiger charge is -2.22. The van der Waals surface area contributed by atoms with E-state index in [0.717, 1.165) is 6.42 Å². The minimum Gasteiger partial charge on any atom is -0.480 e. The van der Waals surface area contributed by atoms with Crippen molar-refractivity contribution < 1.29 is 24.1 Å². The second-order valence-electron chi connectivity index (χ2n) is 5.02. The second-order valence-corrected chi connectivity index (χ2v) is 5.02. The Morgan fingerprint density at radius 1 is 1.44 bits per heavy atom. The molecule has 0 aromatic rings. The Labute approximate surface area is 94.7 Å². The highest BCUT2D eigenvalue weighted by Crippen LogP contribution is 2.42. The Kier molecular flexibility index (Phi) is 2.94. The highest BCUT2D eigenvalue weighted by Gasteiger charge is 2.53. The topological polar surface area (TPSA) is 65.0 Å². The molecule has 0 aromatic carbocycles. The lowest BCUT2D eigenvalue weighted by molar-refractivity contribution is -0.173. The Bertz CT molecular complexity index is 288. The fourth-order valence-electron chi connectivity index (χ4n) is 2.52. The predicted molar refractivity (Wildman–Crippen MR) is 55.0 cm³/mol. The van der Waals surface area contributed by atoms with Crippen molar-refractivity contribution in [3.05, 3.63) is 0 Å². The summed E-state index contributed by atoms with van der Waals surface area (Å²) in [5.74, 6) is -1.20. The normalized spacial score (nSPS) is 40.9. The molecule has 0 amide bonds. The van der Waals surface area contributed by atoms with Gasteiger partial charge in [0.25, 0.3) is 0 Å². The summed E-state index contributed by atoms with van der Waals surface area (Å²) in [6, 6.07) is 0. The standard InChI is InChI=1S/C11H18O5/c1-6-4-7(14-5-8(12)13)10-9(6)15-11(2,3)16-10/h6-7,9-10H,4-5H2,1-3H3,(H,12,13)/t6-,7+,9+,10-/m1/s1. The van der Waals surface area contributed by atoms with E-state index in [0.29, 0.717) is 5.92 Å². The van der Waals surface area contributed by atoms with Crippen LogP contribution in [0.2, 0.25) is 0 Å². The fraction of sp³-hybridized carbons (Fsp3) is 0.909. The average Bonchev–Trinajstić information content (AvgIpc) is 2.59. The average molecular weight is 230 g/mol. The van der Waals surface area contributed by atoms with Crippen molar-refractivity contribution >= 4 is 5.97 Å². The zero-order chi connectivity index (χ0) is 11.9. The number of hydrogen-bond donors (Lipinski definition) is 1. The highest BCUT2D eigenvalue weighted by atomic mass is 16.8. The number of fused-ring (bicyclic) bond motifs is 1. The second kappa shape index (κ2) is 3.98. The minimum atomic E-state index is -0.950. The maximum atomic E-state index is 10.5. The van der Waals surface area contributed by atoms with Gasteiger partial charge in [-0.2, -0.15) is 0 Å². The first-order chi connectivity index (χ1) is 7.39. The van der Waals surface area contributed by atoms with Crippen molar-refractivity contribution in [1.82, 2.24) is 0 Å². The zero-order valence-corrected chi connectivity index (χ0v) is 9.80. The molecule has 1 aliphatic heterocycles. The van der Waals surface area contributed by atoms with Gasteiger partial charge in [-0.1, -0.05) is 6.92 Å². The van der Waals surface area contributed by atoms with Crippen LogP contribution < -0.4 is 0 Å². The van der Waals surface area contributed by atoms with E-state index in [1.165, 1.54) is 0 Å². The van der Waals surface area contributed by atoms with Gasteiger partial charge in [-0.05, 0) is 26.2 Å². The Morgan fingerprint density at radius 3 is 2.69 bits per heavy atom. The Morgan fingerprint density at radius 2 is 2.06 bits per heavy atom. The van der Waals surface area contributed by atoms with Gasteiger partial charge in [0.2, 0.25) is 0 Å². The summed E-state index contributed by atoms with van der Waals surface area (Å²) in [6.07, 6.45) is 0.509. The van der Waals surface area contributed by atoms with Crippen LogP contribution in [0.3, 0.4) is 0 Å². The van der Waals surface area contributed by atoms with Gasteiger partial charge in [-0.15, -0.1) is 0 Å². The molecule has 2 rings (SSSR count). The third-order valence-electron chi connectivity index (χ3n) is 3.12. The lowest BCUT2D eigenvalue weighted by Crippen LogP contribution is -2.32. The molecule has 0 spiro atoms. The van der Waals surface area contributed by atoms with Crippen molar-refractivity contribution in [2.75, 3.05) is 6.61 Å². The zero-order valence-electron chi connectivity index (χ0n) is 9.80. The van der Waals surface area contributed by atoms with E-state index < -0.39 is 11.8 Å². The summed E-state index contributed by atoms with van der Waals surface area (Å²) < 4.78 is 16.9. The molecule has 2 fully saturated rings. The third-order valence-corrected chi connectivity index (χ3v) is 3.12. The lowest BCUT2D eigenvalue weighted by atomic mass is 10.1. The van der Waals surface area contributed by atoms with Crippen LogP contribution in [-0.2, 0) is 19.0 Å². The molecule has 2 aliphatic rings. The van der Waals surface area contributed by atoms with Gasteiger partial charge < -0.3 is 19.3 Å². The van der Waals surface area contributed by atoms with E-state index >= 15 is 0 Å². The van der Waals surface area contributed by atoms with Crippen molar-refractivity contribution in [1.29, 1.82) is 0 Å². The largest absolute Gasteiger partial charge is 0.480 e. The van der Waals surface area contributed by atoms with E-state index in [9.17, 15) is 4.79 Å². The van der Waals surface area contributed by atoms with Crippen molar-refractivity contribution in [2.45, 2.75) is 51.3 Å². The number of carbonyl (C=O) groups is 1. The molecule has 92 valence electrons. The summed E-state index contributed by atoms with van der Waals surface area (Å²) in [4.78, 5) is 10.5. The van der Waals surface area contributed by atoms with Crippen molar-refractivity contribution in [2.24, 2.45) is 5.92 Å². The molecule has 1 aliphatic carbocycles. The summed E-state index contributed by atoms with van der Waals surface area (Å²) >= 11 is 0. The van der Waals surface area contributed by atoms with Crippen LogP contribution >= 0.6 is 0 Å². The van der Waals surface area contributed by atoms with Crippen LogP contribution in [0.4, 0.5) is 0 Å². The SMILES string of the molecule is C[C@@H]1C[C@H](OCC(=O)O)[C@H]2OC(C)(C)O[C@H]21. The van der Waals surface area contributed by atoms with Crippen LogP contribution in [0, 0.1) is 5.92 Å². The Hall–Kier alpha value is -0.650. The molecule has 0 bridgehead atoms. The van der Waals surface area contributed by atoms with Gasteiger partial charge in [0.15, 0.2) is 5.79 Å². The van der Waals surface area contributed by atoms with E-state index in [1.54, 1.807) is 0 Å². The van der Waals surface area contributed by atoms with Crippen LogP contribution in [0.15, 0.2) is 0 Å². The number of hydrogen-bond acceptors (Lipinski definition) is 4. The number of carboxylic acids is 1. The summed E-state index contributed by atoms with van der Waals surface area (Å²) in [7, 11) is 0. The first-order valence-corrected chi connectivity index (χ1v) is 5.58. The monoisotopic (exact) mass is 230 g/mol. The molecule has 5 heteroatoms. The van der Waals surface area contributed by atoms with E-state index in [4.69, 9.17) is 19.3 Å². The quantitative estimate of drug-likeness (QED) is 0.784. The molecule has 1 saturated carbocycles. The first kappa shape index (κ1) is 11.8. The summed E-state index contributed by atoms with van der Waals surface area (Å²) in [5.41, 5.74) is 0. The number of rotatable bonds is 3. The molecule has 16 heavy (non-hydrogen) atoms.